The van der Waals surface area contributed by atoms with Gasteiger partial charge in [-0.25, -0.2) is 22.4 Å². The molecule has 2 heterocycles. The van der Waals surface area contributed by atoms with Crippen LogP contribution in [0.4, 0.5) is 23.2 Å². The van der Waals surface area contributed by atoms with E-state index in [0.29, 0.717) is 26.2 Å². The van der Waals surface area contributed by atoms with Crippen molar-refractivity contribution in [2.24, 2.45) is 0 Å². The molecule has 31 heavy (non-hydrogen) atoms. The van der Waals surface area contributed by atoms with E-state index in [2.05, 4.69) is 5.32 Å². The summed E-state index contributed by atoms with van der Waals surface area (Å²) in [6.45, 7) is 1.60. The molecule has 2 aromatic carbocycles. The highest BCUT2D eigenvalue weighted by Gasteiger charge is 2.26. The van der Waals surface area contributed by atoms with Crippen LogP contribution in [0.2, 0.25) is 0 Å². The first-order valence-electron chi connectivity index (χ1n) is 9.01. The van der Waals surface area contributed by atoms with Crippen LogP contribution in [-0.2, 0) is 0 Å². The molecule has 2 N–H and O–H groups in total. The van der Waals surface area contributed by atoms with Crippen LogP contribution in [0.5, 0.6) is 0 Å². The van der Waals surface area contributed by atoms with Gasteiger partial charge in [0, 0.05) is 44.1 Å². The number of nitrogens with zero attached hydrogens (tertiary/aromatic N) is 2. The normalized spacial score (nSPS) is 13.9. The van der Waals surface area contributed by atoms with Gasteiger partial charge in [0.25, 0.3) is 0 Å². The minimum atomic E-state index is -1.62. The second-order valence-electron chi connectivity index (χ2n) is 6.80. The van der Waals surface area contributed by atoms with E-state index < -0.39 is 51.1 Å². The topological polar surface area (TPSA) is 74.6 Å². The molecule has 1 fully saturated rings. The molecule has 1 saturated heterocycles. The first-order chi connectivity index (χ1) is 14.3. The maximum Gasteiger partial charge on any atom is 0.341 e. The number of carboxylic acids is 1. The molecule has 0 spiro atoms. The number of aromatic nitrogens is 1. The van der Waals surface area contributed by atoms with Crippen LogP contribution in [0, 0.1) is 23.3 Å². The van der Waals surface area contributed by atoms with Crippen molar-refractivity contribution in [3.63, 3.8) is 0 Å². The molecule has 0 unspecified atom stereocenters. The van der Waals surface area contributed by atoms with Gasteiger partial charge in [-0.05, 0) is 18.2 Å². The van der Waals surface area contributed by atoms with E-state index in [4.69, 9.17) is 0 Å². The molecule has 0 amide bonds. The zero-order valence-electron chi connectivity index (χ0n) is 15.8. The molecule has 1 aromatic heterocycles. The Morgan fingerprint density at radius 1 is 1.00 bits per heavy atom. The number of piperazine rings is 1. The molecule has 0 bridgehead atoms. The van der Waals surface area contributed by atoms with Crippen LogP contribution < -0.4 is 15.6 Å². The predicted octanol–water partition coefficient (Wildman–Crippen LogP) is 3.08. The Labute approximate surface area is 179 Å². The highest BCUT2D eigenvalue weighted by Crippen LogP contribution is 2.32. The summed E-state index contributed by atoms with van der Waals surface area (Å²) in [5, 5.41) is 11.9. The third-order valence-corrected chi connectivity index (χ3v) is 5.00. The van der Waals surface area contributed by atoms with E-state index in [1.807, 2.05) is 0 Å². The Balaban J connectivity index is 0.00000272. The van der Waals surface area contributed by atoms with E-state index in [1.54, 1.807) is 0 Å². The summed E-state index contributed by atoms with van der Waals surface area (Å²) in [6.07, 6.45) is 0.822. The standard InChI is InChI=1S/C20H15F4N3O3.ClH/c21-13-2-1-10(7-14(13)22)27-9-12(20(29)30)19(28)11-8-15(23)18(16(24)17(11)27)26-5-3-25-4-6-26;/h1-2,7-9,25H,3-6H2,(H,29,30);1H. The van der Waals surface area contributed by atoms with Crippen molar-refractivity contribution in [1.82, 2.24) is 9.88 Å². The zero-order valence-corrected chi connectivity index (χ0v) is 16.6. The zero-order chi connectivity index (χ0) is 21.6. The number of benzene rings is 2. The molecular formula is C20H16ClF4N3O3. The number of carbonyl (C=O) groups is 1. The summed E-state index contributed by atoms with van der Waals surface area (Å²) < 4.78 is 58.5. The molecule has 0 aliphatic carbocycles. The molecule has 164 valence electrons. The number of carboxylic acid groups (broad SMARTS) is 1. The lowest BCUT2D eigenvalue weighted by Gasteiger charge is -2.30. The van der Waals surface area contributed by atoms with Crippen LogP contribution >= 0.6 is 12.4 Å². The number of nitrogens with one attached hydrogen (secondary N) is 1. The van der Waals surface area contributed by atoms with Crippen molar-refractivity contribution in [3.05, 3.63) is 69.5 Å². The molecule has 0 saturated carbocycles. The Bertz CT molecular complexity index is 1240. The van der Waals surface area contributed by atoms with Crippen molar-refractivity contribution in [2.45, 2.75) is 0 Å². The molecule has 1 aliphatic heterocycles. The average Bonchev–Trinajstić information content (AvgIpc) is 2.71. The van der Waals surface area contributed by atoms with Crippen LogP contribution in [0.25, 0.3) is 16.6 Å². The molecule has 3 aromatic rings. The third-order valence-electron chi connectivity index (χ3n) is 5.00. The van der Waals surface area contributed by atoms with Gasteiger partial charge < -0.3 is 19.9 Å². The second kappa shape index (κ2) is 8.56. The Hall–Kier alpha value is -3.11. The number of rotatable bonds is 3. The number of hydrogen-bond acceptors (Lipinski definition) is 4. The average molecular weight is 458 g/mol. The molecule has 0 atom stereocenters. The van der Waals surface area contributed by atoms with Gasteiger partial charge in [-0.1, -0.05) is 0 Å². The van der Waals surface area contributed by atoms with Gasteiger partial charge in [-0.2, -0.15) is 0 Å². The molecule has 6 nitrogen and oxygen atoms in total. The number of anilines is 1. The fraction of sp³-hybridized carbons (Fsp3) is 0.200. The van der Waals surface area contributed by atoms with Crippen molar-refractivity contribution in [3.8, 4) is 5.69 Å². The number of hydrogen-bond donors (Lipinski definition) is 2. The Morgan fingerprint density at radius 3 is 2.29 bits per heavy atom. The van der Waals surface area contributed by atoms with Crippen molar-refractivity contribution in [1.29, 1.82) is 0 Å². The SMILES string of the molecule is Cl.O=C(O)c1cn(-c2ccc(F)c(F)c2)c2c(F)c(N3CCNCC3)c(F)cc2c1=O. The summed E-state index contributed by atoms with van der Waals surface area (Å²) in [5.41, 5.74) is -2.77. The lowest BCUT2D eigenvalue weighted by molar-refractivity contribution is 0.0695. The number of fused-ring (bicyclic) bond motifs is 1. The Morgan fingerprint density at radius 2 is 1.68 bits per heavy atom. The van der Waals surface area contributed by atoms with Gasteiger partial charge in [-0.15, -0.1) is 12.4 Å². The largest absolute Gasteiger partial charge is 0.477 e. The van der Waals surface area contributed by atoms with Crippen molar-refractivity contribution >= 4 is 35.0 Å². The first-order valence-corrected chi connectivity index (χ1v) is 9.01. The van der Waals surface area contributed by atoms with E-state index in [9.17, 15) is 27.9 Å². The summed E-state index contributed by atoms with van der Waals surface area (Å²) in [4.78, 5) is 25.5. The maximum atomic E-state index is 15.6. The number of aromatic carboxylic acids is 1. The van der Waals surface area contributed by atoms with E-state index >= 15 is 4.39 Å². The monoisotopic (exact) mass is 457 g/mol. The molecule has 1 aliphatic rings. The lowest BCUT2D eigenvalue weighted by Crippen LogP contribution is -2.44. The highest BCUT2D eigenvalue weighted by atomic mass is 35.5. The van der Waals surface area contributed by atoms with Crippen molar-refractivity contribution in [2.75, 3.05) is 31.1 Å². The Kier molecular flexibility index (Phi) is 6.23. The molecule has 11 heteroatoms. The van der Waals surface area contributed by atoms with Gasteiger partial charge >= 0.3 is 5.97 Å². The molecular weight excluding hydrogens is 442 g/mol. The highest BCUT2D eigenvalue weighted by molar-refractivity contribution is 5.94. The fourth-order valence-electron chi connectivity index (χ4n) is 3.57. The molecule has 4 rings (SSSR count). The molecule has 0 radical (unpaired) electrons. The smallest absolute Gasteiger partial charge is 0.341 e. The summed E-state index contributed by atoms with van der Waals surface area (Å²) >= 11 is 0. The van der Waals surface area contributed by atoms with E-state index in [-0.39, 0.29) is 23.8 Å². The van der Waals surface area contributed by atoms with Gasteiger partial charge in [0.2, 0.25) is 5.43 Å². The fourth-order valence-corrected chi connectivity index (χ4v) is 3.57. The minimum Gasteiger partial charge on any atom is -0.477 e. The number of halogens is 5. The van der Waals surface area contributed by atoms with Crippen molar-refractivity contribution < 1.29 is 27.5 Å². The van der Waals surface area contributed by atoms with Crippen LogP contribution in [-0.4, -0.2) is 41.8 Å². The van der Waals surface area contributed by atoms with E-state index in [1.165, 1.54) is 4.90 Å². The lowest BCUT2D eigenvalue weighted by atomic mass is 10.1. The third kappa shape index (κ3) is 3.84. The predicted molar refractivity (Wildman–Crippen MR) is 109 cm³/mol. The van der Waals surface area contributed by atoms with Gasteiger partial charge in [-0.3, -0.25) is 4.79 Å². The summed E-state index contributed by atoms with van der Waals surface area (Å²) in [6, 6.07) is 3.40. The van der Waals surface area contributed by atoms with Gasteiger partial charge in [0.15, 0.2) is 17.5 Å². The van der Waals surface area contributed by atoms with Crippen LogP contribution in [0.3, 0.4) is 0 Å². The van der Waals surface area contributed by atoms with Crippen LogP contribution in [0.15, 0.2) is 35.3 Å². The quantitative estimate of drug-likeness (QED) is 0.591. The maximum absolute atomic E-state index is 15.6. The minimum absolute atomic E-state index is 0. The van der Waals surface area contributed by atoms with E-state index in [0.717, 1.165) is 35.0 Å². The summed E-state index contributed by atoms with van der Waals surface area (Å²) in [5.74, 6) is -6.13. The second-order valence-corrected chi connectivity index (χ2v) is 6.80. The van der Waals surface area contributed by atoms with Gasteiger partial charge in [0.05, 0.1) is 10.9 Å². The first kappa shape index (κ1) is 22.6. The summed E-state index contributed by atoms with van der Waals surface area (Å²) in [7, 11) is 0. The van der Waals surface area contributed by atoms with Crippen LogP contribution in [0.1, 0.15) is 10.4 Å². The number of pyridine rings is 1. The van der Waals surface area contributed by atoms with Gasteiger partial charge in [0.1, 0.15) is 17.1 Å².